The molecule has 11 heteroatoms. The van der Waals surface area contributed by atoms with Gasteiger partial charge in [0.2, 0.25) is 11.7 Å². The molecule has 1 N–H and O–H groups in total. The fourth-order valence-corrected chi connectivity index (χ4v) is 4.75. The number of imidazole rings is 1. The van der Waals surface area contributed by atoms with E-state index in [9.17, 15) is 18.4 Å². The molecule has 1 aromatic carbocycles. The van der Waals surface area contributed by atoms with Crippen LogP contribution in [0.2, 0.25) is 0 Å². The van der Waals surface area contributed by atoms with Gasteiger partial charge in [-0.3, -0.25) is 14.3 Å². The molecular weight excluding hydrogens is 446 g/mol. The fraction of sp³-hybridized carbons (Fsp3) is 0.348. The number of amides is 1. The molecule has 1 aliphatic carbocycles. The molecule has 4 aromatic rings. The van der Waals surface area contributed by atoms with Crippen LogP contribution in [0.1, 0.15) is 55.2 Å². The number of rotatable bonds is 4. The van der Waals surface area contributed by atoms with Crippen LogP contribution in [-0.2, 0) is 11.3 Å². The standard InChI is InChI=1S/C23H20F2N6O3/c1-10-22(32)30(2)9-16-17(27-21(31(10)16)11-6-7-11)12-4-3-5-15-13(12)8-14(19(24)25)18(26-15)20-28-23(33)34-29-20/h3-5,8,10-11,19H,6-7,9H2,1-2H3,(H,28,29,33)/t10-/m0/s1. The molecule has 6 rings (SSSR count). The maximum absolute atomic E-state index is 14.1. The number of carbonyl (C=O) groups is 1. The zero-order chi connectivity index (χ0) is 23.7. The molecule has 2 aliphatic rings. The minimum atomic E-state index is -2.86. The lowest BCUT2D eigenvalue weighted by Gasteiger charge is -2.31. The van der Waals surface area contributed by atoms with Gasteiger partial charge in [0.15, 0.2) is 0 Å². The second-order valence-electron chi connectivity index (χ2n) is 8.82. The van der Waals surface area contributed by atoms with E-state index in [0.29, 0.717) is 34.6 Å². The Morgan fingerprint density at radius 2 is 1.97 bits per heavy atom. The van der Waals surface area contributed by atoms with E-state index in [0.717, 1.165) is 24.4 Å². The molecule has 174 valence electrons. The molecule has 1 aliphatic heterocycles. The fourth-order valence-electron chi connectivity index (χ4n) is 4.75. The van der Waals surface area contributed by atoms with Gasteiger partial charge in [-0.25, -0.2) is 23.5 Å². The van der Waals surface area contributed by atoms with E-state index in [1.807, 2.05) is 17.6 Å². The largest absolute Gasteiger partial charge is 0.439 e. The highest BCUT2D eigenvalue weighted by Gasteiger charge is 2.38. The molecule has 34 heavy (non-hydrogen) atoms. The number of hydrogen-bond donors (Lipinski definition) is 1. The van der Waals surface area contributed by atoms with E-state index in [1.165, 1.54) is 6.07 Å². The number of benzene rings is 1. The van der Waals surface area contributed by atoms with Crippen LogP contribution >= 0.6 is 0 Å². The van der Waals surface area contributed by atoms with E-state index in [1.54, 1.807) is 24.1 Å². The number of fused-ring (bicyclic) bond motifs is 2. The minimum Gasteiger partial charge on any atom is -0.338 e. The molecule has 0 bridgehead atoms. The Hall–Kier alpha value is -3.89. The Labute approximate surface area is 191 Å². The predicted octanol–water partition coefficient (Wildman–Crippen LogP) is 3.79. The lowest BCUT2D eigenvalue weighted by Crippen LogP contribution is -2.39. The van der Waals surface area contributed by atoms with Crippen molar-refractivity contribution in [2.75, 3.05) is 7.05 Å². The van der Waals surface area contributed by atoms with Gasteiger partial charge in [0.05, 0.1) is 23.4 Å². The number of nitrogens with one attached hydrogen (secondary N) is 1. The van der Waals surface area contributed by atoms with Crippen LogP contribution < -0.4 is 5.76 Å². The summed E-state index contributed by atoms with van der Waals surface area (Å²) in [5, 5.41) is 4.04. The van der Waals surface area contributed by atoms with Crippen LogP contribution in [0.4, 0.5) is 8.78 Å². The van der Waals surface area contributed by atoms with Gasteiger partial charge in [-0.05, 0) is 31.9 Å². The number of nitrogens with zero attached hydrogens (tertiary/aromatic N) is 5. The van der Waals surface area contributed by atoms with Gasteiger partial charge in [0.1, 0.15) is 17.6 Å². The molecule has 9 nitrogen and oxygen atoms in total. The van der Waals surface area contributed by atoms with E-state index < -0.39 is 12.2 Å². The van der Waals surface area contributed by atoms with Crippen LogP contribution in [0.25, 0.3) is 33.7 Å². The van der Waals surface area contributed by atoms with Gasteiger partial charge in [0, 0.05) is 29.5 Å². The van der Waals surface area contributed by atoms with E-state index in [-0.39, 0.29) is 29.0 Å². The molecule has 0 saturated heterocycles. The summed E-state index contributed by atoms with van der Waals surface area (Å²) < 4.78 is 34.6. The molecule has 0 spiro atoms. The third kappa shape index (κ3) is 3.06. The van der Waals surface area contributed by atoms with E-state index in [4.69, 9.17) is 4.98 Å². The summed E-state index contributed by atoms with van der Waals surface area (Å²) in [4.78, 5) is 37.4. The summed E-state index contributed by atoms with van der Waals surface area (Å²) in [6.07, 6.45) is -0.835. The Bertz CT molecular complexity index is 1520. The Kier molecular flexibility index (Phi) is 4.45. The quantitative estimate of drug-likeness (QED) is 0.490. The van der Waals surface area contributed by atoms with Crippen molar-refractivity contribution in [2.45, 2.75) is 44.7 Å². The SMILES string of the molecule is C[C@H]1C(=O)N(C)Cc2c(-c3cccc4nc(-c5noc(=O)[nH]5)c(C(F)F)cc34)nc(C3CC3)n21. The first kappa shape index (κ1) is 20.7. The third-order valence-electron chi connectivity index (χ3n) is 6.53. The Morgan fingerprint density at radius 1 is 1.18 bits per heavy atom. The monoisotopic (exact) mass is 466 g/mol. The highest BCUT2D eigenvalue weighted by Crippen LogP contribution is 2.45. The highest BCUT2D eigenvalue weighted by atomic mass is 19.3. The molecule has 3 aromatic heterocycles. The second kappa shape index (κ2) is 7.31. The molecule has 1 saturated carbocycles. The zero-order valence-electron chi connectivity index (χ0n) is 18.4. The lowest BCUT2D eigenvalue weighted by molar-refractivity contribution is -0.135. The molecule has 1 atom stereocenters. The van der Waals surface area contributed by atoms with Gasteiger partial charge in [-0.1, -0.05) is 17.3 Å². The average Bonchev–Trinajstić information content (AvgIpc) is 3.46. The van der Waals surface area contributed by atoms with Crippen molar-refractivity contribution in [1.29, 1.82) is 0 Å². The summed E-state index contributed by atoms with van der Waals surface area (Å²) in [5.74, 6) is 0.179. The summed E-state index contributed by atoms with van der Waals surface area (Å²) in [6.45, 7) is 2.24. The number of aromatic amines is 1. The maximum Gasteiger partial charge on any atom is 0.439 e. The Morgan fingerprint density at radius 3 is 2.65 bits per heavy atom. The van der Waals surface area contributed by atoms with Crippen LogP contribution in [0.3, 0.4) is 0 Å². The molecule has 4 heterocycles. The van der Waals surface area contributed by atoms with Crippen LogP contribution in [0, 0.1) is 0 Å². The lowest BCUT2D eigenvalue weighted by atomic mass is 10.00. The number of alkyl halides is 2. The van der Waals surface area contributed by atoms with Gasteiger partial charge in [0.25, 0.3) is 6.43 Å². The van der Waals surface area contributed by atoms with Gasteiger partial charge < -0.3 is 9.47 Å². The van der Waals surface area contributed by atoms with Gasteiger partial charge in [-0.2, -0.15) is 0 Å². The summed E-state index contributed by atoms with van der Waals surface area (Å²) in [7, 11) is 1.75. The van der Waals surface area contributed by atoms with Crippen molar-refractivity contribution >= 4 is 16.8 Å². The number of likely N-dealkylation sites (N-methyl/N-ethyl adjacent to an activating group) is 1. The van der Waals surface area contributed by atoms with Crippen molar-refractivity contribution in [2.24, 2.45) is 0 Å². The number of pyridine rings is 1. The highest BCUT2D eigenvalue weighted by molar-refractivity contribution is 5.96. The normalized spacial score (nSPS) is 18.2. The smallest absolute Gasteiger partial charge is 0.338 e. The number of H-pyrrole nitrogens is 1. The van der Waals surface area contributed by atoms with Crippen LogP contribution in [0.5, 0.6) is 0 Å². The first-order valence-electron chi connectivity index (χ1n) is 11.0. The van der Waals surface area contributed by atoms with Gasteiger partial charge in [-0.15, -0.1) is 0 Å². The van der Waals surface area contributed by atoms with Crippen molar-refractivity contribution in [3.8, 4) is 22.8 Å². The molecule has 0 unspecified atom stereocenters. The number of hydrogen-bond acceptors (Lipinski definition) is 6. The number of carbonyl (C=O) groups excluding carboxylic acids is 1. The average molecular weight is 466 g/mol. The Balaban J connectivity index is 1.60. The van der Waals surface area contributed by atoms with Crippen LogP contribution in [-0.4, -0.2) is 42.5 Å². The summed E-state index contributed by atoms with van der Waals surface area (Å²) in [5.41, 5.74) is 2.15. The number of halogens is 2. The third-order valence-corrected chi connectivity index (χ3v) is 6.53. The maximum atomic E-state index is 14.1. The minimum absolute atomic E-state index is 0.0177. The van der Waals surface area contributed by atoms with Crippen molar-refractivity contribution in [3.63, 3.8) is 0 Å². The zero-order valence-corrected chi connectivity index (χ0v) is 18.4. The first-order chi connectivity index (χ1) is 16.3. The second-order valence-corrected chi connectivity index (χ2v) is 8.82. The first-order valence-corrected chi connectivity index (χ1v) is 11.0. The predicted molar refractivity (Wildman–Crippen MR) is 117 cm³/mol. The van der Waals surface area contributed by atoms with Crippen LogP contribution in [0.15, 0.2) is 33.6 Å². The summed E-state index contributed by atoms with van der Waals surface area (Å²) >= 11 is 0. The molecular formula is C23H20F2N6O3. The van der Waals surface area contributed by atoms with Gasteiger partial charge >= 0.3 is 5.76 Å². The number of aromatic nitrogens is 5. The van der Waals surface area contributed by atoms with Crippen molar-refractivity contribution in [1.82, 2.24) is 29.6 Å². The molecule has 1 fully saturated rings. The van der Waals surface area contributed by atoms with E-state index in [2.05, 4.69) is 19.6 Å². The molecule has 0 radical (unpaired) electrons. The summed E-state index contributed by atoms with van der Waals surface area (Å²) in [6, 6.07) is 6.31. The van der Waals surface area contributed by atoms with E-state index >= 15 is 0 Å². The molecule has 1 amide bonds. The van der Waals surface area contributed by atoms with Crippen molar-refractivity contribution < 1.29 is 18.1 Å². The topological polar surface area (TPSA) is 110 Å². The van der Waals surface area contributed by atoms with Crippen molar-refractivity contribution in [3.05, 3.63) is 51.9 Å².